The minimum Gasteiger partial charge on any atom is -0.426 e. The van der Waals surface area contributed by atoms with Gasteiger partial charge in [-0.15, -0.1) is 0 Å². The van der Waals surface area contributed by atoms with Crippen LogP contribution in [0.25, 0.3) is 0 Å². The number of hydrogen-bond acceptors (Lipinski definition) is 4. The van der Waals surface area contributed by atoms with Crippen LogP contribution in [0.5, 0.6) is 5.75 Å². The molecule has 0 aliphatic carbocycles. The number of nitro groups is 1. The van der Waals surface area contributed by atoms with Gasteiger partial charge in [0.05, 0.1) is 11.0 Å². The molecule has 5 heteroatoms. The van der Waals surface area contributed by atoms with E-state index >= 15 is 0 Å². The molecule has 1 rings (SSSR count). The highest BCUT2D eigenvalue weighted by Crippen LogP contribution is 2.18. The molecule has 0 saturated carbocycles. The van der Waals surface area contributed by atoms with E-state index in [2.05, 4.69) is 4.74 Å². The monoisotopic (exact) mass is 181 g/mol. The first kappa shape index (κ1) is 9.18. The van der Waals surface area contributed by atoms with Crippen molar-refractivity contribution in [3.63, 3.8) is 0 Å². The van der Waals surface area contributed by atoms with Crippen LogP contribution in [-0.4, -0.2) is 10.9 Å². The SMILES string of the molecule is CC(=O)Oc1cccc([N+](=O)[O-])c1. The number of ether oxygens (including phenoxy) is 1. The van der Waals surface area contributed by atoms with Gasteiger partial charge in [0.1, 0.15) is 5.75 Å². The Morgan fingerprint density at radius 1 is 1.54 bits per heavy atom. The maximum Gasteiger partial charge on any atom is 0.308 e. The minimum absolute atomic E-state index is 0.0984. The lowest BCUT2D eigenvalue weighted by Gasteiger charge is -1.99. The summed E-state index contributed by atoms with van der Waals surface area (Å²) in [6.45, 7) is 1.23. The van der Waals surface area contributed by atoms with Crippen LogP contribution in [-0.2, 0) is 4.79 Å². The molecule has 5 nitrogen and oxygen atoms in total. The van der Waals surface area contributed by atoms with Gasteiger partial charge in [-0.2, -0.15) is 0 Å². The molecule has 0 spiro atoms. The maximum atomic E-state index is 10.5. The lowest BCUT2D eigenvalue weighted by Crippen LogP contribution is -2.01. The van der Waals surface area contributed by atoms with Gasteiger partial charge in [0.25, 0.3) is 5.69 Å². The standard InChI is InChI=1S/C8H7NO4/c1-6(10)13-8-4-2-3-7(5-8)9(11)12/h2-5H,1H3. The Kier molecular flexibility index (Phi) is 2.59. The molecule has 0 aromatic heterocycles. The fourth-order valence-electron chi connectivity index (χ4n) is 0.827. The van der Waals surface area contributed by atoms with Crippen LogP contribution in [0.4, 0.5) is 5.69 Å². The van der Waals surface area contributed by atoms with Gasteiger partial charge < -0.3 is 4.74 Å². The number of rotatable bonds is 2. The number of hydrogen-bond donors (Lipinski definition) is 0. The summed E-state index contributed by atoms with van der Waals surface area (Å²) in [5.41, 5.74) is -0.0984. The van der Waals surface area contributed by atoms with Crippen molar-refractivity contribution < 1.29 is 14.5 Å². The summed E-state index contributed by atoms with van der Waals surface area (Å²) in [5.74, 6) is -0.317. The largest absolute Gasteiger partial charge is 0.426 e. The molecule has 68 valence electrons. The third-order valence-electron chi connectivity index (χ3n) is 1.29. The van der Waals surface area contributed by atoms with Crippen molar-refractivity contribution in [1.29, 1.82) is 0 Å². The Morgan fingerprint density at radius 2 is 2.23 bits per heavy atom. The normalized spacial score (nSPS) is 9.31. The van der Waals surface area contributed by atoms with Crippen LogP contribution in [0.2, 0.25) is 0 Å². The topological polar surface area (TPSA) is 69.4 Å². The molecule has 0 N–H and O–H groups in total. The molecule has 0 heterocycles. The molecular weight excluding hydrogens is 174 g/mol. The van der Waals surface area contributed by atoms with E-state index in [1.54, 1.807) is 0 Å². The zero-order valence-electron chi connectivity index (χ0n) is 6.89. The Bertz CT molecular complexity index is 348. The van der Waals surface area contributed by atoms with Gasteiger partial charge in [-0.1, -0.05) is 6.07 Å². The Hall–Kier alpha value is -1.91. The van der Waals surface area contributed by atoms with Crippen LogP contribution in [0.1, 0.15) is 6.92 Å². The second kappa shape index (κ2) is 3.66. The summed E-state index contributed by atoms with van der Waals surface area (Å²) >= 11 is 0. The molecule has 0 atom stereocenters. The summed E-state index contributed by atoms with van der Waals surface area (Å²) < 4.78 is 4.66. The summed E-state index contributed by atoms with van der Waals surface area (Å²) in [7, 11) is 0. The summed E-state index contributed by atoms with van der Waals surface area (Å²) in [6.07, 6.45) is 0. The molecule has 1 aromatic rings. The van der Waals surface area contributed by atoms with E-state index in [4.69, 9.17) is 0 Å². The minimum atomic E-state index is -0.549. The van der Waals surface area contributed by atoms with Crippen molar-refractivity contribution in [2.45, 2.75) is 6.92 Å². The van der Waals surface area contributed by atoms with Gasteiger partial charge in [-0.25, -0.2) is 0 Å². The lowest BCUT2D eigenvalue weighted by molar-refractivity contribution is -0.384. The number of nitro benzene ring substituents is 1. The third kappa shape index (κ3) is 2.55. The number of carbonyl (C=O) groups excluding carboxylic acids is 1. The average Bonchev–Trinajstić information content (AvgIpc) is 2.03. The van der Waals surface area contributed by atoms with Crippen LogP contribution in [0, 0.1) is 10.1 Å². The average molecular weight is 181 g/mol. The van der Waals surface area contributed by atoms with E-state index in [0.29, 0.717) is 0 Å². The maximum absolute atomic E-state index is 10.5. The Labute approximate surface area is 74.1 Å². The van der Waals surface area contributed by atoms with Crippen LogP contribution < -0.4 is 4.74 Å². The molecule has 0 aliphatic rings. The molecule has 0 bridgehead atoms. The molecule has 0 fully saturated rings. The lowest BCUT2D eigenvalue weighted by atomic mass is 10.3. The van der Waals surface area contributed by atoms with Crippen molar-refractivity contribution >= 4 is 11.7 Å². The van der Waals surface area contributed by atoms with E-state index in [1.165, 1.54) is 31.2 Å². The number of nitrogens with zero attached hydrogens (tertiary/aromatic N) is 1. The molecule has 0 saturated heterocycles. The molecule has 0 aliphatic heterocycles. The highest BCUT2D eigenvalue weighted by atomic mass is 16.6. The molecular formula is C8H7NO4. The fourth-order valence-corrected chi connectivity index (χ4v) is 0.827. The number of non-ortho nitro benzene ring substituents is 1. The van der Waals surface area contributed by atoms with Gasteiger partial charge >= 0.3 is 5.97 Å². The first-order valence-corrected chi connectivity index (χ1v) is 3.52. The van der Waals surface area contributed by atoms with Gasteiger partial charge in [0.15, 0.2) is 0 Å². The van der Waals surface area contributed by atoms with E-state index < -0.39 is 10.9 Å². The van der Waals surface area contributed by atoms with Gasteiger partial charge in [0, 0.05) is 13.0 Å². The predicted octanol–water partition coefficient (Wildman–Crippen LogP) is 1.52. The molecule has 13 heavy (non-hydrogen) atoms. The summed E-state index contributed by atoms with van der Waals surface area (Å²) in [5, 5.41) is 10.3. The van der Waals surface area contributed by atoms with Gasteiger partial charge in [-0.05, 0) is 6.07 Å². The van der Waals surface area contributed by atoms with E-state index in [9.17, 15) is 14.9 Å². The van der Waals surface area contributed by atoms with Crippen molar-refractivity contribution in [1.82, 2.24) is 0 Å². The second-order valence-electron chi connectivity index (χ2n) is 2.35. The zero-order valence-corrected chi connectivity index (χ0v) is 6.89. The first-order valence-electron chi connectivity index (χ1n) is 3.52. The van der Waals surface area contributed by atoms with Crippen LogP contribution in [0.3, 0.4) is 0 Å². The second-order valence-corrected chi connectivity index (χ2v) is 2.35. The van der Waals surface area contributed by atoms with Crippen molar-refractivity contribution in [3.05, 3.63) is 34.4 Å². The van der Waals surface area contributed by atoms with E-state index in [1.807, 2.05) is 0 Å². The number of esters is 1. The smallest absolute Gasteiger partial charge is 0.308 e. The molecule has 1 aromatic carbocycles. The summed E-state index contributed by atoms with van der Waals surface area (Å²) in [6, 6.07) is 5.46. The van der Waals surface area contributed by atoms with Crippen molar-refractivity contribution in [2.24, 2.45) is 0 Å². The quantitative estimate of drug-likeness (QED) is 0.300. The first-order chi connectivity index (χ1) is 6.09. The summed E-state index contributed by atoms with van der Waals surface area (Å²) in [4.78, 5) is 20.3. The van der Waals surface area contributed by atoms with E-state index in [-0.39, 0.29) is 11.4 Å². The highest BCUT2D eigenvalue weighted by Gasteiger charge is 2.06. The number of benzene rings is 1. The molecule has 0 unspecified atom stereocenters. The van der Waals surface area contributed by atoms with Crippen LogP contribution >= 0.6 is 0 Å². The Morgan fingerprint density at radius 3 is 2.77 bits per heavy atom. The van der Waals surface area contributed by atoms with E-state index in [0.717, 1.165) is 0 Å². The van der Waals surface area contributed by atoms with Gasteiger partial charge in [0.2, 0.25) is 0 Å². The molecule has 0 amide bonds. The van der Waals surface area contributed by atoms with Crippen molar-refractivity contribution in [2.75, 3.05) is 0 Å². The highest BCUT2D eigenvalue weighted by molar-refractivity contribution is 5.69. The van der Waals surface area contributed by atoms with Crippen molar-refractivity contribution in [3.8, 4) is 5.75 Å². The zero-order chi connectivity index (χ0) is 9.84. The van der Waals surface area contributed by atoms with Gasteiger partial charge in [-0.3, -0.25) is 14.9 Å². The number of carbonyl (C=O) groups is 1. The third-order valence-corrected chi connectivity index (χ3v) is 1.29. The van der Waals surface area contributed by atoms with Crippen LogP contribution in [0.15, 0.2) is 24.3 Å². The predicted molar refractivity (Wildman–Crippen MR) is 44.4 cm³/mol. The fraction of sp³-hybridized carbons (Fsp3) is 0.125. The molecule has 0 radical (unpaired) electrons. The Balaban J connectivity index is 2.91.